The van der Waals surface area contributed by atoms with Crippen LogP contribution in [0.3, 0.4) is 0 Å². The van der Waals surface area contributed by atoms with Crippen LogP contribution in [0.15, 0.2) is 0 Å². The van der Waals surface area contributed by atoms with Crippen molar-refractivity contribution in [3.8, 4) is 0 Å². The summed E-state index contributed by atoms with van der Waals surface area (Å²) >= 11 is 0. The molecule has 410 valence electrons. The minimum atomic E-state index is -2.54. The third kappa shape index (κ3) is 45.9. The normalized spacial score (nSPS) is 11.3. The van der Waals surface area contributed by atoms with Crippen LogP contribution in [0.25, 0.3) is 0 Å². The molecule has 0 bridgehead atoms. The number of carbonyl (C=O) groups excluding carboxylic acids is 6. The van der Waals surface area contributed by atoms with Gasteiger partial charge in [-0.15, -0.1) is 0 Å². The van der Waals surface area contributed by atoms with Gasteiger partial charge in [-0.1, -0.05) is 194 Å². The molecule has 0 aromatic carbocycles. The summed E-state index contributed by atoms with van der Waals surface area (Å²) in [5.41, 5.74) is -2.54. The molecule has 0 unspecified atom stereocenters. The average Bonchev–Trinajstić information content (AvgIpc) is 3.33. The molecule has 0 fully saturated rings. The molecule has 0 aromatic rings. The molecule has 0 heterocycles. The van der Waals surface area contributed by atoms with Crippen molar-refractivity contribution in [1.82, 2.24) is 0 Å². The van der Waals surface area contributed by atoms with Gasteiger partial charge in [-0.2, -0.15) is 0 Å². The van der Waals surface area contributed by atoms with Gasteiger partial charge >= 0.3 is 35.8 Å². The predicted molar refractivity (Wildman–Crippen MR) is 277 cm³/mol. The minimum Gasteiger partial charge on any atom is -0.466 e. The SMILES string of the molecule is CCCCCCCCCCCCC(=O)OCCCCOC(=O)CC(O)(CC(=O)OCCCCOC(=O)CCCCCCCCCCCC)C(=O)OCCCCOC(=O)CCCCCCCCCCCC. The van der Waals surface area contributed by atoms with Gasteiger partial charge in [0.2, 0.25) is 0 Å². The van der Waals surface area contributed by atoms with Crippen LogP contribution in [0, 0.1) is 0 Å². The summed E-state index contributed by atoms with van der Waals surface area (Å²) in [4.78, 5) is 75.4. The molecule has 0 rings (SSSR count). The molecule has 0 saturated carbocycles. The molecule has 0 amide bonds. The lowest BCUT2D eigenvalue weighted by molar-refractivity contribution is -0.178. The zero-order valence-corrected chi connectivity index (χ0v) is 45.1. The standard InChI is InChI=1S/C57H104O13/c1-4-7-10-13-16-19-22-25-28-31-40-51(58)65-43-34-36-46-68-54(61)49-57(64,56(63)70-48-39-38-45-67-53(60)42-33-30-27-24-21-18-15-12-9-6-3)50-55(62)69-47-37-35-44-66-52(59)41-32-29-26-23-20-17-14-11-8-5-2/h64H,4-50H2,1-3H3. The first-order valence-electron chi connectivity index (χ1n) is 28.8. The maximum Gasteiger partial charge on any atom is 0.339 e. The quantitative estimate of drug-likeness (QED) is 0.0346. The molecule has 13 nitrogen and oxygen atoms in total. The highest BCUT2D eigenvalue weighted by atomic mass is 16.6. The summed E-state index contributed by atoms with van der Waals surface area (Å²) in [6, 6.07) is 0. The molecule has 0 spiro atoms. The lowest BCUT2D eigenvalue weighted by Gasteiger charge is -2.24. The van der Waals surface area contributed by atoms with Crippen LogP contribution in [0.2, 0.25) is 0 Å². The maximum absolute atomic E-state index is 13.2. The van der Waals surface area contributed by atoms with Crippen LogP contribution >= 0.6 is 0 Å². The molecule has 0 atom stereocenters. The molecule has 70 heavy (non-hydrogen) atoms. The average molecular weight is 997 g/mol. The zero-order valence-electron chi connectivity index (χ0n) is 45.1. The van der Waals surface area contributed by atoms with Gasteiger partial charge in [0.05, 0.1) is 52.5 Å². The highest BCUT2D eigenvalue weighted by Crippen LogP contribution is 2.21. The number of hydrogen-bond donors (Lipinski definition) is 1. The number of rotatable bonds is 53. The fourth-order valence-electron chi connectivity index (χ4n) is 8.11. The number of unbranched alkanes of at least 4 members (excludes halogenated alkanes) is 30. The Bertz CT molecular complexity index is 1210. The first-order chi connectivity index (χ1) is 34.1. The third-order valence-electron chi connectivity index (χ3n) is 12.6. The van der Waals surface area contributed by atoms with E-state index in [0.717, 1.165) is 57.8 Å². The van der Waals surface area contributed by atoms with E-state index < -0.39 is 36.4 Å². The second-order valence-electron chi connectivity index (χ2n) is 19.5. The Hall–Kier alpha value is -3.22. The Morgan fingerprint density at radius 3 is 0.714 bits per heavy atom. The summed E-state index contributed by atoms with van der Waals surface area (Å²) in [5, 5.41) is 11.4. The van der Waals surface area contributed by atoms with Crippen molar-refractivity contribution >= 4 is 35.8 Å². The van der Waals surface area contributed by atoms with E-state index in [2.05, 4.69) is 20.8 Å². The van der Waals surface area contributed by atoms with Crippen molar-refractivity contribution in [1.29, 1.82) is 0 Å². The molecular formula is C57H104O13. The molecule has 13 heteroatoms. The number of aliphatic hydroxyl groups is 1. The van der Waals surface area contributed by atoms with Crippen molar-refractivity contribution in [2.24, 2.45) is 0 Å². The van der Waals surface area contributed by atoms with Gasteiger partial charge < -0.3 is 33.5 Å². The van der Waals surface area contributed by atoms with E-state index in [1.54, 1.807) is 0 Å². The van der Waals surface area contributed by atoms with E-state index in [0.29, 0.717) is 57.8 Å². The lowest BCUT2D eigenvalue weighted by atomic mass is 9.95. The van der Waals surface area contributed by atoms with Crippen LogP contribution in [0.4, 0.5) is 0 Å². The van der Waals surface area contributed by atoms with Crippen molar-refractivity contribution in [3.63, 3.8) is 0 Å². The van der Waals surface area contributed by atoms with Crippen molar-refractivity contribution in [2.75, 3.05) is 39.6 Å². The molecular weight excluding hydrogens is 893 g/mol. The van der Waals surface area contributed by atoms with Gasteiger partial charge in [0.25, 0.3) is 0 Å². The number of esters is 6. The molecule has 0 aromatic heterocycles. The largest absolute Gasteiger partial charge is 0.466 e. The van der Waals surface area contributed by atoms with E-state index in [1.807, 2.05) is 0 Å². The molecule has 0 saturated heterocycles. The van der Waals surface area contributed by atoms with Crippen LogP contribution in [0.5, 0.6) is 0 Å². The second kappa shape index (κ2) is 50.7. The topological polar surface area (TPSA) is 178 Å². The smallest absolute Gasteiger partial charge is 0.339 e. The number of carbonyl (C=O) groups is 6. The van der Waals surface area contributed by atoms with Crippen molar-refractivity contribution in [2.45, 2.75) is 290 Å². The van der Waals surface area contributed by atoms with E-state index >= 15 is 0 Å². The Morgan fingerprint density at radius 2 is 0.471 bits per heavy atom. The molecule has 0 aliphatic carbocycles. The van der Waals surface area contributed by atoms with Gasteiger partial charge in [0.15, 0.2) is 5.60 Å². The third-order valence-corrected chi connectivity index (χ3v) is 12.6. The molecule has 0 radical (unpaired) electrons. The van der Waals surface area contributed by atoms with E-state index in [-0.39, 0.29) is 57.5 Å². The van der Waals surface area contributed by atoms with Gasteiger partial charge in [0.1, 0.15) is 0 Å². The van der Waals surface area contributed by atoms with Crippen molar-refractivity contribution < 1.29 is 62.3 Å². The number of hydrogen-bond acceptors (Lipinski definition) is 13. The summed E-state index contributed by atoms with van der Waals surface area (Å²) < 4.78 is 31.9. The van der Waals surface area contributed by atoms with E-state index in [4.69, 9.17) is 28.4 Å². The summed E-state index contributed by atoms with van der Waals surface area (Å²) in [5.74, 6) is -3.72. The van der Waals surface area contributed by atoms with E-state index in [9.17, 15) is 33.9 Å². The monoisotopic (exact) mass is 997 g/mol. The highest BCUT2D eigenvalue weighted by Gasteiger charge is 2.43. The second-order valence-corrected chi connectivity index (χ2v) is 19.5. The summed E-state index contributed by atoms with van der Waals surface area (Å²) in [7, 11) is 0. The zero-order chi connectivity index (χ0) is 51.4. The molecule has 0 aliphatic rings. The van der Waals surface area contributed by atoms with Crippen LogP contribution in [-0.2, 0) is 57.2 Å². The van der Waals surface area contributed by atoms with Crippen molar-refractivity contribution in [3.05, 3.63) is 0 Å². The van der Waals surface area contributed by atoms with E-state index in [1.165, 1.54) is 135 Å². The molecule has 0 aliphatic heterocycles. The van der Waals surface area contributed by atoms with Gasteiger partial charge in [-0.05, 0) is 57.8 Å². The van der Waals surface area contributed by atoms with Gasteiger partial charge in [0, 0.05) is 19.3 Å². The lowest BCUT2D eigenvalue weighted by Crippen LogP contribution is -2.45. The summed E-state index contributed by atoms with van der Waals surface area (Å²) in [6.45, 7) is 7.01. The van der Waals surface area contributed by atoms with Crippen LogP contribution in [-0.4, -0.2) is 86.2 Å². The maximum atomic E-state index is 13.2. The fourth-order valence-corrected chi connectivity index (χ4v) is 8.11. The predicted octanol–water partition coefficient (Wildman–Crippen LogP) is 14.0. The Kier molecular flexibility index (Phi) is 48.4. The highest BCUT2D eigenvalue weighted by molar-refractivity contribution is 5.90. The fraction of sp³-hybridized carbons (Fsp3) is 0.895. The van der Waals surface area contributed by atoms with Crippen LogP contribution in [0.1, 0.15) is 284 Å². The first kappa shape index (κ1) is 66.8. The minimum absolute atomic E-state index is 0.0356. The molecule has 1 N–H and O–H groups in total. The first-order valence-corrected chi connectivity index (χ1v) is 28.8. The Morgan fingerprint density at radius 1 is 0.271 bits per heavy atom. The van der Waals surface area contributed by atoms with Crippen LogP contribution < -0.4 is 0 Å². The summed E-state index contributed by atoms with van der Waals surface area (Å²) in [6.07, 6.45) is 37.4. The van der Waals surface area contributed by atoms with Gasteiger partial charge in [-0.3, -0.25) is 24.0 Å². The Labute approximate surface area is 426 Å². The Balaban J connectivity index is 4.65. The number of ether oxygens (including phenoxy) is 6. The van der Waals surface area contributed by atoms with Gasteiger partial charge in [-0.25, -0.2) is 4.79 Å².